The Labute approximate surface area is 193 Å². The van der Waals surface area contributed by atoms with Gasteiger partial charge in [-0.3, -0.25) is 25.1 Å². The van der Waals surface area contributed by atoms with Gasteiger partial charge in [0.25, 0.3) is 0 Å². The zero-order valence-electron chi connectivity index (χ0n) is 19.5. The first-order valence-electron chi connectivity index (χ1n) is 11.1. The third-order valence-electron chi connectivity index (χ3n) is 5.24. The van der Waals surface area contributed by atoms with E-state index >= 15 is 0 Å². The van der Waals surface area contributed by atoms with E-state index in [-0.39, 0.29) is 30.1 Å². The second-order valence-corrected chi connectivity index (χ2v) is 7.73. The molecule has 0 radical (unpaired) electrons. The van der Waals surface area contributed by atoms with Crippen molar-refractivity contribution in [3.05, 3.63) is 27.8 Å². The molecule has 1 N–H and O–H groups in total. The van der Waals surface area contributed by atoms with Crippen molar-refractivity contribution >= 4 is 23.4 Å². The molecule has 0 aliphatic carbocycles. The van der Waals surface area contributed by atoms with Crippen LogP contribution in [0.15, 0.2) is 12.1 Å². The summed E-state index contributed by atoms with van der Waals surface area (Å²) in [5.74, 6) is -0.101. The second-order valence-electron chi connectivity index (χ2n) is 7.73. The fraction of sp³-hybridized carbons (Fsp3) is 0.636. The topological polar surface area (TPSA) is 129 Å². The van der Waals surface area contributed by atoms with Crippen LogP contribution >= 0.6 is 0 Å². The molecule has 1 amide bonds. The molecule has 1 aromatic rings. The van der Waals surface area contributed by atoms with Crippen LogP contribution in [0, 0.1) is 17.0 Å². The lowest BCUT2D eigenvalue weighted by atomic mass is 10.1. The van der Waals surface area contributed by atoms with Gasteiger partial charge in [0, 0.05) is 31.6 Å². The van der Waals surface area contributed by atoms with Crippen molar-refractivity contribution in [1.29, 1.82) is 0 Å². The van der Waals surface area contributed by atoms with Gasteiger partial charge in [-0.1, -0.05) is 6.42 Å². The lowest BCUT2D eigenvalue weighted by molar-refractivity contribution is -0.385. The maximum absolute atomic E-state index is 12.2. The Morgan fingerprint density at radius 3 is 2.76 bits per heavy atom. The molecule has 1 aromatic carbocycles. The van der Waals surface area contributed by atoms with Gasteiger partial charge in [-0.15, -0.1) is 0 Å². The highest BCUT2D eigenvalue weighted by atomic mass is 16.6. The molecule has 1 heterocycles. The quantitative estimate of drug-likeness (QED) is 0.213. The number of methoxy groups -OCH3 is 1. The molecule has 1 saturated heterocycles. The van der Waals surface area contributed by atoms with Gasteiger partial charge in [0.1, 0.15) is 12.7 Å². The molecular weight excluding hydrogens is 434 g/mol. The highest BCUT2D eigenvalue weighted by molar-refractivity contribution is 5.86. The first-order chi connectivity index (χ1) is 15.8. The minimum Gasteiger partial charge on any atom is -0.490 e. The summed E-state index contributed by atoms with van der Waals surface area (Å²) in [6.07, 6.45) is 2.25. The first-order valence-corrected chi connectivity index (χ1v) is 11.1. The Bertz CT molecular complexity index is 817. The second kappa shape index (κ2) is 13.6. The van der Waals surface area contributed by atoms with Crippen molar-refractivity contribution in [3.8, 4) is 5.75 Å². The zero-order chi connectivity index (χ0) is 24.2. The number of nitrogens with zero attached hydrogens (tertiary/aromatic N) is 2. The third kappa shape index (κ3) is 8.85. The first kappa shape index (κ1) is 26.3. The number of hydrogen-bond donors (Lipinski definition) is 1. The summed E-state index contributed by atoms with van der Waals surface area (Å²) in [6, 6.07) is 2.73. The molecule has 11 heteroatoms. The van der Waals surface area contributed by atoms with Crippen LogP contribution in [-0.2, 0) is 19.0 Å². The Balaban J connectivity index is 1.73. The molecule has 1 aliphatic heterocycles. The maximum atomic E-state index is 12.2. The van der Waals surface area contributed by atoms with E-state index in [4.69, 9.17) is 18.9 Å². The fourth-order valence-corrected chi connectivity index (χ4v) is 3.53. The van der Waals surface area contributed by atoms with Gasteiger partial charge in [0.2, 0.25) is 0 Å². The smallest absolute Gasteiger partial charge is 0.411 e. The lowest BCUT2D eigenvalue weighted by Crippen LogP contribution is -2.45. The number of esters is 1. The van der Waals surface area contributed by atoms with E-state index in [0.717, 1.165) is 32.4 Å². The van der Waals surface area contributed by atoms with Crippen molar-refractivity contribution in [2.75, 3.05) is 51.9 Å². The van der Waals surface area contributed by atoms with Gasteiger partial charge in [0.05, 0.1) is 30.9 Å². The predicted molar refractivity (Wildman–Crippen MR) is 121 cm³/mol. The number of unbranched alkanes of at least 4 members (excludes halogenated alkanes) is 2. The molecule has 0 saturated carbocycles. The maximum Gasteiger partial charge on any atom is 0.411 e. The van der Waals surface area contributed by atoms with E-state index in [9.17, 15) is 19.7 Å². The van der Waals surface area contributed by atoms with Crippen LogP contribution in [0.5, 0.6) is 5.75 Å². The molecule has 2 rings (SSSR count). The number of aryl methyl sites for hydroxylation is 1. The monoisotopic (exact) mass is 467 g/mol. The van der Waals surface area contributed by atoms with Crippen molar-refractivity contribution in [1.82, 2.24) is 4.90 Å². The molecular formula is C22H33N3O8. The summed E-state index contributed by atoms with van der Waals surface area (Å²) < 4.78 is 21.0. The van der Waals surface area contributed by atoms with Crippen LogP contribution in [0.3, 0.4) is 0 Å². The predicted octanol–water partition coefficient (Wildman–Crippen LogP) is 3.28. The molecule has 0 aromatic heterocycles. The average Bonchev–Trinajstić information content (AvgIpc) is 2.79. The van der Waals surface area contributed by atoms with Crippen LogP contribution in [0.2, 0.25) is 0 Å². The van der Waals surface area contributed by atoms with E-state index < -0.39 is 11.0 Å². The summed E-state index contributed by atoms with van der Waals surface area (Å²) in [6.45, 7) is 6.85. The van der Waals surface area contributed by atoms with Gasteiger partial charge in [-0.25, -0.2) is 4.79 Å². The van der Waals surface area contributed by atoms with E-state index in [1.165, 1.54) is 19.2 Å². The van der Waals surface area contributed by atoms with Gasteiger partial charge >= 0.3 is 17.7 Å². The average molecular weight is 468 g/mol. The van der Waals surface area contributed by atoms with Gasteiger partial charge in [0.15, 0.2) is 5.75 Å². The molecule has 11 nitrogen and oxygen atoms in total. The number of ether oxygens (including phenoxy) is 4. The number of nitro groups is 1. The summed E-state index contributed by atoms with van der Waals surface area (Å²) in [7, 11) is 1.33. The minimum atomic E-state index is -0.673. The van der Waals surface area contributed by atoms with Crippen LogP contribution in [-0.4, -0.2) is 74.6 Å². The van der Waals surface area contributed by atoms with Crippen molar-refractivity contribution in [3.63, 3.8) is 0 Å². The summed E-state index contributed by atoms with van der Waals surface area (Å²) in [5.41, 5.74) is 0.712. The van der Waals surface area contributed by atoms with Crippen molar-refractivity contribution in [2.24, 2.45) is 0 Å². The van der Waals surface area contributed by atoms with Crippen LogP contribution in [0.25, 0.3) is 0 Å². The number of carbonyl (C=O) groups excluding carboxylic acids is 2. The SMILES string of the molecule is CCOC(=O)CCCCCN1CCOC(COC(=O)Nc2cc(OC)c([N+](=O)[O-])cc2C)C1. The molecule has 1 aliphatic rings. The summed E-state index contributed by atoms with van der Waals surface area (Å²) in [5, 5.41) is 13.7. The summed E-state index contributed by atoms with van der Waals surface area (Å²) >= 11 is 0. The number of anilines is 1. The highest BCUT2D eigenvalue weighted by Crippen LogP contribution is 2.32. The number of hydrogen-bond acceptors (Lipinski definition) is 9. The molecule has 1 atom stereocenters. The normalized spacial score (nSPS) is 16.2. The molecule has 184 valence electrons. The van der Waals surface area contributed by atoms with E-state index in [0.29, 0.717) is 37.4 Å². The van der Waals surface area contributed by atoms with Crippen LogP contribution in [0.1, 0.15) is 38.2 Å². The number of nitro benzene ring substituents is 1. The Morgan fingerprint density at radius 1 is 1.27 bits per heavy atom. The minimum absolute atomic E-state index is 0.0504. The number of benzene rings is 1. The zero-order valence-corrected chi connectivity index (χ0v) is 19.5. The molecule has 1 unspecified atom stereocenters. The summed E-state index contributed by atoms with van der Waals surface area (Å²) in [4.78, 5) is 36.4. The van der Waals surface area contributed by atoms with E-state index in [1.807, 2.05) is 0 Å². The van der Waals surface area contributed by atoms with Crippen molar-refractivity contribution in [2.45, 2.75) is 45.6 Å². The molecule has 1 fully saturated rings. The number of nitrogens with one attached hydrogen (secondary N) is 1. The van der Waals surface area contributed by atoms with Crippen LogP contribution in [0.4, 0.5) is 16.2 Å². The number of rotatable bonds is 12. The number of carbonyl (C=O) groups is 2. The van der Waals surface area contributed by atoms with Gasteiger partial charge < -0.3 is 18.9 Å². The Hall–Kier alpha value is -2.92. The standard InChI is InChI=1S/C22H33N3O8/c1-4-31-21(26)8-6-5-7-9-24-10-11-32-17(14-24)15-33-22(27)23-18-13-20(30-3)19(25(28)29)12-16(18)2/h12-13,17H,4-11,14-15H2,1-3H3,(H,23,27). The van der Waals surface area contributed by atoms with Crippen molar-refractivity contribution < 1.29 is 33.5 Å². The van der Waals surface area contributed by atoms with Gasteiger partial charge in [-0.2, -0.15) is 0 Å². The van der Waals surface area contributed by atoms with E-state index in [2.05, 4.69) is 10.2 Å². The molecule has 33 heavy (non-hydrogen) atoms. The van der Waals surface area contributed by atoms with E-state index in [1.54, 1.807) is 13.8 Å². The fourth-order valence-electron chi connectivity index (χ4n) is 3.53. The van der Waals surface area contributed by atoms with Crippen LogP contribution < -0.4 is 10.1 Å². The Kier molecular flexibility index (Phi) is 10.8. The Morgan fingerprint density at radius 2 is 2.06 bits per heavy atom. The molecule has 0 bridgehead atoms. The number of morpholine rings is 1. The molecule has 0 spiro atoms. The highest BCUT2D eigenvalue weighted by Gasteiger charge is 2.23. The largest absolute Gasteiger partial charge is 0.490 e. The van der Waals surface area contributed by atoms with Gasteiger partial charge in [-0.05, 0) is 38.8 Å². The third-order valence-corrected chi connectivity index (χ3v) is 5.24. The lowest BCUT2D eigenvalue weighted by Gasteiger charge is -2.32. The number of amides is 1.